The molecule has 2 rings (SSSR count). The van der Waals surface area contributed by atoms with Crippen molar-refractivity contribution in [1.82, 2.24) is 10.6 Å². The molecule has 0 saturated carbocycles. The Kier molecular flexibility index (Phi) is 10.4. The molecular formula is C20H34IN3O. The van der Waals surface area contributed by atoms with Gasteiger partial charge in [-0.25, -0.2) is 0 Å². The number of benzene rings is 1. The minimum Gasteiger partial charge on any atom is -0.381 e. The highest BCUT2D eigenvalue weighted by Crippen LogP contribution is 2.34. The minimum atomic E-state index is 0. The molecule has 0 spiro atoms. The van der Waals surface area contributed by atoms with Crippen LogP contribution in [0.3, 0.4) is 0 Å². The second-order valence-corrected chi connectivity index (χ2v) is 6.75. The molecule has 1 aromatic carbocycles. The summed E-state index contributed by atoms with van der Waals surface area (Å²) in [6.45, 7) is 8.03. The molecule has 25 heavy (non-hydrogen) atoms. The van der Waals surface area contributed by atoms with E-state index in [1.807, 2.05) is 7.05 Å². The summed E-state index contributed by atoms with van der Waals surface area (Å²) in [5, 5.41) is 7.05. The predicted octanol–water partition coefficient (Wildman–Crippen LogP) is 3.95. The van der Waals surface area contributed by atoms with E-state index in [9.17, 15) is 0 Å². The van der Waals surface area contributed by atoms with Gasteiger partial charge < -0.3 is 15.4 Å². The van der Waals surface area contributed by atoms with Gasteiger partial charge >= 0.3 is 0 Å². The van der Waals surface area contributed by atoms with Gasteiger partial charge in [0, 0.05) is 38.8 Å². The van der Waals surface area contributed by atoms with Crippen LogP contribution in [0, 0.1) is 5.92 Å². The molecule has 0 radical (unpaired) electrons. The molecule has 0 unspecified atom stereocenters. The third kappa shape index (κ3) is 6.44. The molecule has 0 amide bonds. The van der Waals surface area contributed by atoms with Gasteiger partial charge in [-0.1, -0.05) is 57.0 Å². The first kappa shape index (κ1) is 22.2. The largest absolute Gasteiger partial charge is 0.381 e. The van der Waals surface area contributed by atoms with Crippen LogP contribution >= 0.6 is 24.0 Å². The summed E-state index contributed by atoms with van der Waals surface area (Å²) < 4.78 is 5.61. The Morgan fingerprint density at radius 3 is 2.32 bits per heavy atom. The van der Waals surface area contributed by atoms with Gasteiger partial charge in [-0.2, -0.15) is 0 Å². The average molecular weight is 459 g/mol. The summed E-state index contributed by atoms with van der Waals surface area (Å²) in [6.07, 6.45) is 4.50. The molecule has 2 N–H and O–H groups in total. The molecule has 142 valence electrons. The first-order valence-electron chi connectivity index (χ1n) is 9.32. The van der Waals surface area contributed by atoms with E-state index in [0.29, 0.717) is 5.92 Å². The Morgan fingerprint density at radius 2 is 1.76 bits per heavy atom. The van der Waals surface area contributed by atoms with Crippen molar-refractivity contribution in [3.8, 4) is 0 Å². The SMILES string of the molecule is CCC(CC)CNC(=NC)NCC1(c2ccccc2)CCOCC1.I. The quantitative estimate of drug-likeness (QED) is 0.369. The van der Waals surface area contributed by atoms with Crippen LogP contribution in [0.2, 0.25) is 0 Å². The number of rotatable bonds is 7. The molecule has 5 heteroatoms. The van der Waals surface area contributed by atoms with Crippen molar-refractivity contribution < 1.29 is 4.74 Å². The van der Waals surface area contributed by atoms with Gasteiger partial charge in [-0.3, -0.25) is 4.99 Å². The number of halogens is 1. The maximum atomic E-state index is 5.61. The number of ether oxygens (including phenoxy) is 1. The molecule has 0 bridgehead atoms. The Bertz CT molecular complexity index is 497. The zero-order valence-electron chi connectivity index (χ0n) is 15.9. The second-order valence-electron chi connectivity index (χ2n) is 6.75. The summed E-state index contributed by atoms with van der Waals surface area (Å²) in [7, 11) is 1.85. The van der Waals surface area contributed by atoms with E-state index in [-0.39, 0.29) is 29.4 Å². The highest BCUT2D eigenvalue weighted by molar-refractivity contribution is 14.0. The normalized spacial score (nSPS) is 17.0. The zero-order valence-corrected chi connectivity index (χ0v) is 18.2. The Morgan fingerprint density at radius 1 is 1.12 bits per heavy atom. The van der Waals surface area contributed by atoms with Crippen LogP contribution in [0.25, 0.3) is 0 Å². The summed E-state index contributed by atoms with van der Waals surface area (Å²) in [6, 6.07) is 10.8. The molecule has 1 saturated heterocycles. The van der Waals surface area contributed by atoms with Crippen LogP contribution in [0.4, 0.5) is 0 Å². The molecule has 1 heterocycles. The van der Waals surface area contributed by atoms with E-state index in [0.717, 1.165) is 45.1 Å². The van der Waals surface area contributed by atoms with Crippen molar-refractivity contribution in [1.29, 1.82) is 0 Å². The van der Waals surface area contributed by atoms with Crippen molar-refractivity contribution in [3.05, 3.63) is 35.9 Å². The van der Waals surface area contributed by atoms with Crippen molar-refractivity contribution in [3.63, 3.8) is 0 Å². The number of nitrogens with one attached hydrogen (secondary N) is 2. The lowest BCUT2D eigenvalue weighted by Crippen LogP contribution is -2.48. The molecule has 1 aliphatic rings. The molecule has 0 aromatic heterocycles. The predicted molar refractivity (Wildman–Crippen MR) is 117 cm³/mol. The average Bonchev–Trinajstić information content (AvgIpc) is 2.66. The van der Waals surface area contributed by atoms with Crippen molar-refractivity contribution >= 4 is 29.9 Å². The lowest BCUT2D eigenvalue weighted by molar-refractivity contribution is 0.0514. The fraction of sp³-hybridized carbons (Fsp3) is 0.650. The summed E-state index contributed by atoms with van der Waals surface area (Å²) in [5.41, 5.74) is 1.53. The van der Waals surface area contributed by atoms with Crippen LogP contribution in [0.5, 0.6) is 0 Å². The van der Waals surface area contributed by atoms with Crippen molar-refractivity contribution in [2.75, 3.05) is 33.4 Å². The zero-order chi connectivity index (χ0) is 17.3. The van der Waals surface area contributed by atoms with Crippen LogP contribution < -0.4 is 10.6 Å². The van der Waals surface area contributed by atoms with Gasteiger partial charge in [0.05, 0.1) is 0 Å². The number of guanidine groups is 1. The lowest BCUT2D eigenvalue weighted by Gasteiger charge is -2.38. The van der Waals surface area contributed by atoms with E-state index in [1.54, 1.807) is 0 Å². The van der Waals surface area contributed by atoms with Gasteiger partial charge in [0.2, 0.25) is 0 Å². The van der Waals surface area contributed by atoms with Gasteiger partial charge in [-0.15, -0.1) is 24.0 Å². The standard InChI is InChI=1S/C20H33N3O.HI/c1-4-17(5-2)15-22-19(21-3)23-16-20(11-13-24-14-12-20)18-9-7-6-8-10-18;/h6-10,17H,4-5,11-16H2,1-3H3,(H2,21,22,23);1H. The second kappa shape index (κ2) is 11.7. The van der Waals surface area contributed by atoms with E-state index < -0.39 is 0 Å². The van der Waals surface area contributed by atoms with E-state index >= 15 is 0 Å². The summed E-state index contributed by atoms with van der Waals surface area (Å²) in [4.78, 5) is 4.40. The van der Waals surface area contributed by atoms with E-state index in [4.69, 9.17) is 4.74 Å². The summed E-state index contributed by atoms with van der Waals surface area (Å²) >= 11 is 0. The van der Waals surface area contributed by atoms with Crippen molar-refractivity contribution in [2.45, 2.75) is 44.9 Å². The van der Waals surface area contributed by atoms with Crippen LogP contribution in [0.1, 0.15) is 45.1 Å². The Balaban J connectivity index is 0.00000312. The van der Waals surface area contributed by atoms with Gasteiger partial charge in [0.15, 0.2) is 5.96 Å². The van der Waals surface area contributed by atoms with Crippen LogP contribution in [-0.4, -0.2) is 39.3 Å². The van der Waals surface area contributed by atoms with Crippen molar-refractivity contribution in [2.24, 2.45) is 10.9 Å². The molecule has 4 nitrogen and oxygen atoms in total. The fourth-order valence-electron chi connectivity index (χ4n) is 3.41. The maximum Gasteiger partial charge on any atom is 0.191 e. The van der Waals surface area contributed by atoms with Gasteiger partial charge in [0.1, 0.15) is 0 Å². The number of aliphatic imine (C=N–C) groups is 1. The molecule has 0 atom stereocenters. The monoisotopic (exact) mass is 459 g/mol. The highest BCUT2D eigenvalue weighted by atomic mass is 127. The van der Waals surface area contributed by atoms with E-state index in [2.05, 4.69) is 59.8 Å². The number of hydrogen-bond donors (Lipinski definition) is 2. The molecule has 1 fully saturated rings. The Hall–Kier alpha value is -0.820. The van der Waals surface area contributed by atoms with Gasteiger partial charge in [-0.05, 0) is 24.3 Å². The molecule has 1 aliphatic heterocycles. The topological polar surface area (TPSA) is 45.7 Å². The van der Waals surface area contributed by atoms with Crippen LogP contribution in [-0.2, 0) is 10.2 Å². The minimum absolute atomic E-state index is 0. The Labute approximate surface area is 170 Å². The maximum absolute atomic E-state index is 5.61. The highest BCUT2D eigenvalue weighted by Gasteiger charge is 2.34. The molecule has 0 aliphatic carbocycles. The summed E-state index contributed by atoms with van der Waals surface area (Å²) in [5.74, 6) is 1.61. The number of nitrogens with zero attached hydrogens (tertiary/aromatic N) is 1. The third-order valence-electron chi connectivity index (χ3n) is 5.37. The van der Waals surface area contributed by atoms with Crippen LogP contribution in [0.15, 0.2) is 35.3 Å². The molecule has 1 aromatic rings. The first-order chi connectivity index (χ1) is 11.7. The van der Waals surface area contributed by atoms with E-state index in [1.165, 1.54) is 18.4 Å². The number of hydrogen-bond acceptors (Lipinski definition) is 2. The smallest absolute Gasteiger partial charge is 0.191 e. The first-order valence-corrected chi connectivity index (χ1v) is 9.32. The third-order valence-corrected chi connectivity index (χ3v) is 5.37. The van der Waals surface area contributed by atoms with Gasteiger partial charge in [0.25, 0.3) is 0 Å². The lowest BCUT2D eigenvalue weighted by atomic mass is 9.74. The molecular weight excluding hydrogens is 425 g/mol. The fourth-order valence-corrected chi connectivity index (χ4v) is 3.41.